The van der Waals surface area contributed by atoms with Gasteiger partial charge in [-0.15, -0.1) is 0 Å². The molecule has 0 amide bonds. The molecule has 0 aliphatic heterocycles. The van der Waals surface area contributed by atoms with E-state index in [0.29, 0.717) is 17.1 Å². The summed E-state index contributed by atoms with van der Waals surface area (Å²) in [6, 6.07) is 8.58. The lowest BCUT2D eigenvalue weighted by molar-refractivity contribution is 0.484. The first-order valence-corrected chi connectivity index (χ1v) is 10.5. The van der Waals surface area contributed by atoms with Gasteiger partial charge in [0.15, 0.2) is 0 Å². The molecule has 1 unspecified atom stereocenters. The van der Waals surface area contributed by atoms with Crippen molar-refractivity contribution in [2.45, 2.75) is 6.54 Å². The minimum absolute atomic E-state index is 0.0449. The molecule has 9 heteroatoms. The number of imidazole rings is 1. The van der Waals surface area contributed by atoms with Crippen LogP contribution >= 0.6 is 0 Å². The van der Waals surface area contributed by atoms with E-state index in [1.165, 1.54) is 16.6 Å². The number of rotatable bonds is 6. The Hall–Kier alpha value is -2.96. The second-order valence-corrected chi connectivity index (χ2v) is 9.08. The van der Waals surface area contributed by atoms with Crippen LogP contribution in [0.5, 0.6) is 0 Å². The smallest absolute Gasteiger partial charge is 0.147 e. The quantitative estimate of drug-likeness (QED) is 0.469. The van der Waals surface area contributed by atoms with Gasteiger partial charge in [-0.2, -0.15) is 5.26 Å². The Morgan fingerprint density at radius 1 is 1.36 bits per heavy atom. The van der Waals surface area contributed by atoms with Crippen molar-refractivity contribution in [3.8, 4) is 6.07 Å². The van der Waals surface area contributed by atoms with Gasteiger partial charge in [0.25, 0.3) is 0 Å². The van der Waals surface area contributed by atoms with E-state index in [1.807, 2.05) is 23.8 Å². The molecule has 0 saturated heterocycles. The van der Waals surface area contributed by atoms with Crippen LogP contribution < -0.4 is 4.90 Å². The van der Waals surface area contributed by atoms with E-state index in [1.54, 1.807) is 36.6 Å². The zero-order chi connectivity index (χ0) is 20.5. The lowest BCUT2D eigenvalue weighted by Gasteiger charge is -2.22. The van der Waals surface area contributed by atoms with Crippen LogP contribution in [0.25, 0.3) is 11.0 Å². The third-order valence-electron chi connectivity index (χ3n) is 4.47. The normalized spacial score (nSPS) is 13.4. The molecule has 1 atom stereocenters. The highest BCUT2D eigenvalue weighted by Crippen LogP contribution is 2.27. The average Bonchev–Trinajstić information content (AvgIpc) is 3.01. The van der Waals surface area contributed by atoms with Gasteiger partial charge in [-0.05, 0) is 23.6 Å². The fourth-order valence-corrected chi connectivity index (χ4v) is 3.61. The number of nitrogens with zero attached hydrogens (tertiary/aromatic N) is 6. The molecule has 3 aromatic rings. The van der Waals surface area contributed by atoms with Gasteiger partial charge in [0.2, 0.25) is 0 Å². The van der Waals surface area contributed by atoms with Crippen LogP contribution in [0, 0.1) is 17.1 Å². The minimum atomic E-state index is -2.57. The van der Waals surface area contributed by atoms with E-state index in [9.17, 15) is 8.60 Å². The van der Waals surface area contributed by atoms with Crippen molar-refractivity contribution >= 4 is 38.1 Å². The van der Waals surface area contributed by atoms with Crippen molar-refractivity contribution in [3.05, 3.63) is 48.2 Å². The number of aryl methyl sites for hydroxylation is 1. The highest BCUT2D eigenvalue weighted by molar-refractivity contribution is 7.97. The Bertz CT molecular complexity index is 1160. The van der Waals surface area contributed by atoms with E-state index in [4.69, 9.17) is 5.26 Å². The molecular weight excluding hydrogens is 379 g/mol. The fraction of sp³-hybridized carbons (Fsp3) is 0.263. The van der Waals surface area contributed by atoms with Gasteiger partial charge in [-0.3, -0.25) is 4.21 Å². The Morgan fingerprint density at radius 2 is 2.11 bits per heavy atom. The SMILES string of the molecule is C=S(C)(=O)N(CC#N)Cc1ccc(N(C)c2cc3c(cn2)ncn3C)c(F)c1. The van der Waals surface area contributed by atoms with Crippen LogP contribution in [0.1, 0.15) is 5.56 Å². The molecular formula is C19H21FN6OS. The molecule has 0 spiro atoms. The van der Waals surface area contributed by atoms with Gasteiger partial charge in [-0.1, -0.05) is 6.07 Å². The Morgan fingerprint density at radius 3 is 2.75 bits per heavy atom. The van der Waals surface area contributed by atoms with Gasteiger partial charge < -0.3 is 9.47 Å². The Kier molecular flexibility index (Phi) is 5.36. The topological polar surface area (TPSA) is 78.1 Å². The fourth-order valence-electron chi connectivity index (χ4n) is 2.86. The van der Waals surface area contributed by atoms with Crippen LogP contribution in [0.3, 0.4) is 0 Å². The standard InChI is InChI=1S/C19H21FN6OS/c1-24-13-23-16-11-22-19(10-18(16)24)25(2)17-6-5-14(9-15(17)20)12-26(8-7-21)28(3,4)27/h5-6,9-11,13H,3,8,12H2,1-2,4H3. The zero-order valence-electron chi connectivity index (χ0n) is 16.0. The second kappa shape index (κ2) is 7.58. The molecule has 28 heavy (non-hydrogen) atoms. The predicted molar refractivity (Wildman–Crippen MR) is 110 cm³/mol. The number of anilines is 2. The van der Waals surface area contributed by atoms with Crippen molar-refractivity contribution < 1.29 is 8.60 Å². The maximum atomic E-state index is 14.8. The number of pyridine rings is 1. The molecule has 2 heterocycles. The van der Waals surface area contributed by atoms with Crippen LogP contribution in [0.2, 0.25) is 0 Å². The monoisotopic (exact) mass is 400 g/mol. The van der Waals surface area contributed by atoms with Gasteiger partial charge in [0.05, 0.1) is 36.3 Å². The summed E-state index contributed by atoms with van der Waals surface area (Å²) in [6.45, 7) is 0.128. The summed E-state index contributed by atoms with van der Waals surface area (Å²) < 4.78 is 30.3. The summed E-state index contributed by atoms with van der Waals surface area (Å²) in [5, 5.41) is 8.92. The van der Waals surface area contributed by atoms with Crippen molar-refractivity contribution in [1.29, 1.82) is 5.26 Å². The molecule has 1 aromatic carbocycles. The highest BCUT2D eigenvalue weighted by Gasteiger charge is 2.16. The van der Waals surface area contributed by atoms with E-state index in [2.05, 4.69) is 15.8 Å². The summed E-state index contributed by atoms with van der Waals surface area (Å²) in [5.74, 6) is 3.76. The number of hydrogen-bond acceptors (Lipinski definition) is 5. The molecule has 0 aliphatic rings. The lowest BCUT2D eigenvalue weighted by Crippen LogP contribution is -2.29. The number of fused-ring (bicyclic) bond motifs is 1. The van der Waals surface area contributed by atoms with E-state index < -0.39 is 15.5 Å². The molecule has 0 bridgehead atoms. The third-order valence-corrected chi connectivity index (χ3v) is 5.82. The van der Waals surface area contributed by atoms with Crippen molar-refractivity contribution in [2.24, 2.45) is 7.05 Å². The minimum Gasteiger partial charge on any atom is -0.334 e. The number of nitriles is 1. The van der Waals surface area contributed by atoms with Gasteiger partial charge in [0.1, 0.15) is 17.2 Å². The number of aromatic nitrogens is 3. The molecule has 7 nitrogen and oxygen atoms in total. The van der Waals surface area contributed by atoms with Gasteiger partial charge >= 0.3 is 0 Å². The van der Waals surface area contributed by atoms with E-state index in [-0.39, 0.29) is 13.1 Å². The summed E-state index contributed by atoms with van der Waals surface area (Å²) in [7, 11) is 1.05. The average molecular weight is 400 g/mol. The molecule has 0 N–H and O–H groups in total. The highest BCUT2D eigenvalue weighted by atomic mass is 32.2. The van der Waals surface area contributed by atoms with Crippen molar-refractivity contribution in [2.75, 3.05) is 24.7 Å². The summed E-state index contributed by atoms with van der Waals surface area (Å²) in [4.78, 5) is 10.2. The van der Waals surface area contributed by atoms with Crippen LogP contribution in [-0.2, 0) is 23.3 Å². The summed E-state index contributed by atoms with van der Waals surface area (Å²) in [6.07, 6.45) is 4.81. The molecule has 146 valence electrons. The lowest BCUT2D eigenvalue weighted by atomic mass is 10.2. The number of hydrogen-bond donors (Lipinski definition) is 0. The first kappa shape index (κ1) is 19.8. The molecule has 0 aliphatic carbocycles. The summed E-state index contributed by atoms with van der Waals surface area (Å²) >= 11 is 0. The Labute approximate surface area is 163 Å². The molecule has 0 radical (unpaired) electrons. The van der Waals surface area contributed by atoms with Gasteiger partial charge in [0, 0.05) is 42.7 Å². The maximum Gasteiger partial charge on any atom is 0.147 e. The van der Waals surface area contributed by atoms with Crippen LogP contribution in [-0.4, -0.2) is 48.8 Å². The zero-order valence-corrected chi connectivity index (χ0v) is 16.8. The van der Waals surface area contributed by atoms with Crippen LogP contribution in [0.4, 0.5) is 15.9 Å². The molecule has 0 saturated carbocycles. The van der Waals surface area contributed by atoms with Gasteiger partial charge in [-0.25, -0.2) is 18.7 Å². The van der Waals surface area contributed by atoms with Crippen molar-refractivity contribution in [1.82, 2.24) is 18.8 Å². The van der Waals surface area contributed by atoms with Crippen LogP contribution in [0.15, 0.2) is 36.8 Å². The third kappa shape index (κ3) is 3.98. The largest absolute Gasteiger partial charge is 0.334 e. The molecule has 0 fully saturated rings. The first-order chi connectivity index (χ1) is 13.2. The first-order valence-electron chi connectivity index (χ1n) is 8.44. The summed E-state index contributed by atoms with van der Waals surface area (Å²) in [5.41, 5.74) is 2.63. The van der Waals surface area contributed by atoms with E-state index in [0.717, 1.165) is 11.0 Å². The molecule has 3 rings (SSSR count). The predicted octanol–water partition coefficient (Wildman–Crippen LogP) is 2.46. The Balaban J connectivity index is 1.88. The maximum absolute atomic E-state index is 14.8. The van der Waals surface area contributed by atoms with E-state index >= 15 is 0 Å². The molecule has 2 aromatic heterocycles. The number of benzene rings is 1. The second-order valence-electron chi connectivity index (χ2n) is 6.65. The number of halogens is 1. The van der Waals surface area contributed by atoms with Crippen molar-refractivity contribution in [3.63, 3.8) is 0 Å².